The van der Waals surface area contributed by atoms with Crippen LogP contribution in [0.3, 0.4) is 0 Å². The van der Waals surface area contributed by atoms with Gasteiger partial charge >= 0.3 is 0 Å². The van der Waals surface area contributed by atoms with Crippen LogP contribution in [0.4, 0.5) is 0 Å². The van der Waals surface area contributed by atoms with Gasteiger partial charge in [-0.15, -0.1) is 0 Å². The average Bonchev–Trinajstić information content (AvgIpc) is 2.16. The predicted molar refractivity (Wildman–Crippen MR) is 65.6 cm³/mol. The van der Waals surface area contributed by atoms with Gasteiger partial charge in [-0.1, -0.05) is 27.2 Å². The zero-order valence-corrected chi connectivity index (χ0v) is 11.2. The molecule has 0 rings (SSSR count). The van der Waals surface area contributed by atoms with Gasteiger partial charge in [0.15, 0.2) is 0 Å². The lowest BCUT2D eigenvalue weighted by Crippen LogP contribution is -2.43. The molecule has 0 bridgehead atoms. The monoisotopic (exact) mass is 235 g/mol. The summed E-state index contributed by atoms with van der Waals surface area (Å²) in [7, 11) is -2.83. The highest BCUT2D eigenvalue weighted by atomic mass is 32.2. The van der Waals surface area contributed by atoms with E-state index in [1.165, 1.54) is 0 Å². The second-order valence-electron chi connectivity index (χ2n) is 4.66. The summed E-state index contributed by atoms with van der Waals surface area (Å²) < 4.78 is 22.6. The highest BCUT2D eigenvalue weighted by molar-refractivity contribution is 7.91. The van der Waals surface area contributed by atoms with E-state index in [1.54, 1.807) is 6.92 Å². The maximum atomic E-state index is 11.3. The van der Waals surface area contributed by atoms with E-state index in [0.717, 1.165) is 12.8 Å². The Morgan fingerprint density at radius 3 is 2.27 bits per heavy atom. The van der Waals surface area contributed by atoms with Crippen molar-refractivity contribution < 1.29 is 8.42 Å². The van der Waals surface area contributed by atoms with Crippen LogP contribution in [0.15, 0.2) is 0 Å². The lowest BCUT2D eigenvalue weighted by atomic mass is 9.83. The van der Waals surface area contributed by atoms with E-state index in [0.29, 0.717) is 12.3 Å². The van der Waals surface area contributed by atoms with E-state index in [-0.39, 0.29) is 17.0 Å². The van der Waals surface area contributed by atoms with E-state index in [4.69, 9.17) is 5.73 Å². The number of rotatable bonds is 7. The summed E-state index contributed by atoms with van der Waals surface area (Å²) in [5.41, 5.74) is 5.91. The SMILES string of the molecule is CCC(C)C(C)(N)CCCS(=O)(=O)CC. The standard InChI is InChI=1S/C11H25NO2S/c1-5-10(3)11(4,12)8-7-9-15(13,14)6-2/h10H,5-9,12H2,1-4H3. The third kappa shape index (κ3) is 5.52. The Kier molecular flexibility index (Phi) is 5.81. The quantitative estimate of drug-likeness (QED) is 0.734. The molecule has 0 fully saturated rings. The van der Waals surface area contributed by atoms with Gasteiger partial charge in [-0.25, -0.2) is 8.42 Å². The fourth-order valence-electron chi connectivity index (χ4n) is 1.53. The van der Waals surface area contributed by atoms with Crippen molar-refractivity contribution >= 4 is 9.84 Å². The van der Waals surface area contributed by atoms with Crippen LogP contribution in [0, 0.1) is 5.92 Å². The lowest BCUT2D eigenvalue weighted by molar-refractivity contribution is 0.287. The molecule has 0 saturated heterocycles. The average molecular weight is 235 g/mol. The molecular weight excluding hydrogens is 210 g/mol. The fraction of sp³-hybridized carbons (Fsp3) is 1.00. The molecule has 0 radical (unpaired) electrons. The maximum absolute atomic E-state index is 11.3. The third-order valence-corrected chi connectivity index (χ3v) is 5.14. The van der Waals surface area contributed by atoms with Crippen LogP contribution >= 0.6 is 0 Å². The molecule has 0 aromatic heterocycles. The first kappa shape index (κ1) is 14.9. The largest absolute Gasteiger partial charge is 0.325 e. The van der Waals surface area contributed by atoms with E-state index < -0.39 is 9.84 Å². The summed E-state index contributed by atoms with van der Waals surface area (Å²) in [5.74, 6) is 0.937. The van der Waals surface area contributed by atoms with Gasteiger partial charge in [-0.2, -0.15) is 0 Å². The molecule has 92 valence electrons. The summed E-state index contributed by atoms with van der Waals surface area (Å²) >= 11 is 0. The van der Waals surface area contributed by atoms with E-state index in [9.17, 15) is 8.42 Å². The van der Waals surface area contributed by atoms with Gasteiger partial charge < -0.3 is 5.73 Å². The minimum atomic E-state index is -2.83. The van der Waals surface area contributed by atoms with E-state index in [1.807, 2.05) is 6.92 Å². The third-order valence-electron chi connectivity index (χ3n) is 3.35. The minimum Gasteiger partial charge on any atom is -0.325 e. The molecule has 0 aromatic carbocycles. The van der Waals surface area contributed by atoms with Crippen LogP contribution in [0.5, 0.6) is 0 Å². The second-order valence-corrected chi connectivity index (χ2v) is 7.13. The fourth-order valence-corrected chi connectivity index (χ4v) is 2.40. The van der Waals surface area contributed by atoms with Gasteiger partial charge in [-0.05, 0) is 25.7 Å². The molecule has 4 heteroatoms. The Labute approximate surface area is 94.4 Å². The normalized spacial score (nSPS) is 18.5. The Bertz CT molecular complexity index is 270. The predicted octanol–water partition coefficient (Wildman–Crippen LogP) is 1.96. The van der Waals surface area contributed by atoms with Crippen LogP contribution < -0.4 is 5.73 Å². The van der Waals surface area contributed by atoms with Crippen LogP contribution in [0.25, 0.3) is 0 Å². The van der Waals surface area contributed by atoms with Gasteiger partial charge in [0, 0.05) is 11.3 Å². The van der Waals surface area contributed by atoms with Crippen molar-refractivity contribution in [2.24, 2.45) is 11.7 Å². The van der Waals surface area contributed by atoms with Crippen LogP contribution in [0.1, 0.15) is 47.0 Å². The lowest BCUT2D eigenvalue weighted by Gasteiger charge is -2.31. The Morgan fingerprint density at radius 2 is 1.87 bits per heavy atom. The van der Waals surface area contributed by atoms with Gasteiger partial charge in [-0.3, -0.25) is 0 Å². The molecule has 15 heavy (non-hydrogen) atoms. The first-order valence-corrected chi connectivity index (χ1v) is 7.56. The second kappa shape index (κ2) is 5.85. The zero-order valence-electron chi connectivity index (χ0n) is 10.4. The van der Waals surface area contributed by atoms with Crippen molar-refractivity contribution in [1.29, 1.82) is 0 Å². The van der Waals surface area contributed by atoms with Gasteiger partial charge in [0.05, 0.1) is 5.75 Å². The van der Waals surface area contributed by atoms with Crippen molar-refractivity contribution in [1.82, 2.24) is 0 Å². The minimum absolute atomic E-state index is 0.234. The van der Waals surface area contributed by atoms with Crippen LogP contribution in [-0.4, -0.2) is 25.5 Å². The molecule has 0 aromatic rings. The smallest absolute Gasteiger partial charge is 0.150 e. The molecule has 0 heterocycles. The highest BCUT2D eigenvalue weighted by Gasteiger charge is 2.25. The van der Waals surface area contributed by atoms with Crippen molar-refractivity contribution in [2.75, 3.05) is 11.5 Å². The van der Waals surface area contributed by atoms with E-state index in [2.05, 4.69) is 13.8 Å². The Hall–Kier alpha value is -0.0900. The summed E-state index contributed by atoms with van der Waals surface area (Å²) in [5, 5.41) is 0. The zero-order chi connectivity index (χ0) is 12.1. The number of sulfone groups is 1. The summed E-state index contributed by atoms with van der Waals surface area (Å²) in [6.07, 6.45) is 2.49. The van der Waals surface area contributed by atoms with Crippen molar-refractivity contribution in [3.8, 4) is 0 Å². The van der Waals surface area contributed by atoms with E-state index >= 15 is 0 Å². The molecule has 0 saturated carbocycles. The highest BCUT2D eigenvalue weighted by Crippen LogP contribution is 2.22. The molecule has 0 spiro atoms. The van der Waals surface area contributed by atoms with Gasteiger partial charge in [0.25, 0.3) is 0 Å². The maximum Gasteiger partial charge on any atom is 0.150 e. The molecule has 2 N–H and O–H groups in total. The Morgan fingerprint density at radius 1 is 1.33 bits per heavy atom. The summed E-state index contributed by atoms with van der Waals surface area (Å²) in [6.45, 7) is 7.93. The van der Waals surface area contributed by atoms with Crippen molar-refractivity contribution in [3.05, 3.63) is 0 Å². The van der Waals surface area contributed by atoms with Crippen LogP contribution in [0.2, 0.25) is 0 Å². The molecule has 0 aliphatic heterocycles. The number of hydrogen-bond donors (Lipinski definition) is 1. The summed E-state index contributed by atoms with van der Waals surface area (Å²) in [6, 6.07) is 0. The first-order valence-electron chi connectivity index (χ1n) is 5.74. The molecule has 3 nitrogen and oxygen atoms in total. The number of nitrogens with two attached hydrogens (primary N) is 1. The molecular formula is C11H25NO2S. The number of hydrogen-bond acceptors (Lipinski definition) is 3. The van der Waals surface area contributed by atoms with Crippen LogP contribution in [-0.2, 0) is 9.84 Å². The van der Waals surface area contributed by atoms with Crippen molar-refractivity contribution in [2.45, 2.75) is 52.5 Å². The molecule has 0 aliphatic rings. The molecule has 0 aliphatic carbocycles. The molecule has 0 amide bonds. The van der Waals surface area contributed by atoms with Crippen molar-refractivity contribution in [3.63, 3.8) is 0 Å². The summed E-state index contributed by atoms with van der Waals surface area (Å²) in [4.78, 5) is 0. The topological polar surface area (TPSA) is 60.2 Å². The first-order chi connectivity index (χ1) is 6.75. The molecule has 2 atom stereocenters. The molecule has 2 unspecified atom stereocenters. The van der Waals surface area contributed by atoms with Gasteiger partial charge in [0.2, 0.25) is 0 Å². The van der Waals surface area contributed by atoms with Gasteiger partial charge in [0.1, 0.15) is 9.84 Å². The Balaban J connectivity index is 4.06.